The van der Waals surface area contributed by atoms with Crippen molar-refractivity contribution in [2.75, 3.05) is 19.0 Å². The van der Waals surface area contributed by atoms with Gasteiger partial charge in [-0.25, -0.2) is 0 Å². The number of aryl methyl sites for hydroxylation is 1. The highest BCUT2D eigenvalue weighted by molar-refractivity contribution is 9.10. The molecule has 5 heteroatoms. The average Bonchev–Trinajstić information content (AvgIpc) is 2.72. The molecule has 0 unspecified atom stereocenters. The first kappa shape index (κ1) is 24.0. The molecule has 1 N–H and O–H groups in total. The number of rotatable bonds is 11. The summed E-state index contributed by atoms with van der Waals surface area (Å²) < 4.78 is 12.1. The first-order chi connectivity index (χ1) is 14.4. The summed E-state index contributed by atoms with van der Waals surface area (Å²) >= 11 is 3.55. The second-order valence-corrected chi connectivity index (χ2v) is 8.54. The first-order valence-corrected chi connectivity index (χ1v) is 11.3. The topological polar surface area (TPSA) is 47.6 Å². The third-order valence-electron chi connectivity index (χ3n) is 4.68. The standard InChI is InChI=1S/C25H32BrNO3/c1-5-6-7-19-8-11-22(21(26)16-19)27-25(28)13-10-20-9-12-23(24(17-20)29-4)30-15-14-18(2)3/h8-13,16-18H,5-7,14-15H2,1-4H3,(H,27,28)/b13-10+. The van der Waals surface area contributed by atoms with Crippen LogP contribution in [-0.4, -0.2) is 19.6 Å². The lowest BCUT2D eigenvalue weighted by atomic mass is 10.1. The molecule has 2 aromatic carbocycles. The van der Waals surface area contributed by atoms with Crippen molar-refractivity contribution in [3.63, 3.8) is 0 Å². The van der Waals surface area contributed by atoms with Gasteiger partial charge in [-0.2, -0.15) is 0 Å². The van der Waals surface area contributed by atoms with Gasteiger partial charge in [0.05, 0.1) is 19.4 Å². The Morgan fingerprint density at radius 2 is 1.97 bits per heavy atom. The monoisotopic (exact) mass is 473 g/mol. The molecule has 0 fully saturated rings. The zero-order valence-electron chi connectivity index (χ0n) is 18.3. The molecular weight excluding hydrogens is 442 g/mol. The van der Waals surface area contributed by atoms with E-state index in [2.05, 4.69) is 54.2 Å². The van der Waals surface area contributed by atoms with Crippen molar-refractivity contribution in [1.82, 2.24) is 0 Å². The van der Waals surface area contributed by atoms with E-state index in [1.165, 1.54) is 11.6 Å². The van der Waals surface area contributed by atoms with Crippen molar-refractivity contribution in [3.05, 3.63) is 58.1 Å². The number of methoxy groups -OCH3 is 1. The van der Waals surface area contributed by atoms with E-state index >= 15 is 0 Å². The number of halogens is 1. The quantitative estimate of drug-likeness (QED) is 0.361. The van der Waals surface area contributed by atoms with Gasteiger partial charge in [0, 0.05) is 10.5 Å². The molecule has 2 aromatic rings. The van der Waals surface area contributed by atoms with Crippen LogP contribution < -0.4 is 14.8 Å². The molecule has 0 bridgehead atoms. The highest BCUT2D eigenvalue weighted by Crippen LogP contribution is 2.29. The number of benzene rings is 2. The Bertz CT molecular complexity index is 861. The summed E-state index contributed by atoms with van der Waals surface area (Å²) in [5.41, 5.74) is 2.89. The Labute approximate surface area is 188 Å². The van der Waals surface area contributed by atoms with E-state index in [4.69, 9.17) is 9.47 Å². The van der Waals surface area contributed by atoms with Gasteiger partial charge < -0.3 is 14.8 Å². The fourth-order valence-electron chi connectivity index (χ4n) is 2.85. The van der Waals surface area contributed by atoms with Crippen molar-refractivity contribution in [3.8, 4) is 11.5 Å². The lowest BCUT2D eigenvalue weighted by Gasteiger charge is -2.12. The second kappa shape index (κ2) is 12.4. The Morgan fingerprint density at radius 3 is 2.63 bits per heavy atom. The largest absolute Gasteiger partial charge is 0.493 e. The zero-order valence-corrected chi connectivity index (χ0v) is 19.9. The molecule has 162 valence electrons. The number of nitrogens with one attached hydrogen (secondary N) is 1. The van der Waals surface area contributed by atoms with Crippen molar-refractivity contribution < 1.29 is 14.3 Å². The number of carbonyl (C=O) groups is 1. The maximum Gasteiger partial charge on any atom is 0.248 e. The van der Waals surface area contributed by atoms with Gasteiger partial charge >= 0.3 is 0 Å². The Kier molecular flexibility index (Phi) is 9.95. The van der Waals surface area contributed by atoms with Crippen LogP contribution in [0.5, 0.6) is 11.5 Å². The molecule has 0 spiro atoms. The van der Waals surface area contributed by atoms with Crippen LogP contribution in [0, 0.1) is 5.92 Å². The summed E-state index contributed by atoms with van der Waals surface area (Å²) in [4.78, 5) is 12.3. The van der Waals surface area contributed by atoms with Crippen LogP contribution in [0.3, 0.4) is 0 Å². The van der Waals surface area contributed by atoms with Gasteiger partial charge in [-0.1, -0.05) is 39.3 Å². The van der Waals surface area contributed by atoms with E-state index < -0.39 is 0 Å². The first-order valence-electron chi connectivity index (χ1n) is 10.5. The second-order valence-electron chi connectivity index (χ2n) is 7.68. The molecule has 30 heavy (non-hydrogen) atoms. The molecule has 2 rings (SSSR count). The summed E-state index contributed by atoms with van der Waals surface area (Å²) in [7, 11) is 1.62. The van der Waals surface area contributed by atoms with E-state index in [1.54, 1.807) is 13.2 Å². The number of anilines is 1. The van der Waals surface area contributed by atoms with E-state index in [9.17, 15) is 4.79 Å². The molecule has 0 aromatic heterocycles. The number of carbonyl (C=O) groups excluding carboxylic acids is 1. The van der Waals surface area contributed by atoms with Gasteiger partial charge in [0.25, 0.3) is 0 Å². The van der Waals surface area contributed by atoms with Crippen molar-refractivity contribution >= 4 is 33.6 Å². The number of amides is 1. The molecule has 0 heterocycles. The molecule has 0 saturated carbocycles. The van der Waals surface area contributed by atoms with E-state index in [0.29, 0.717) is 24.0 Å². The molecule has 0 atom stereocenters. The summed E-state index contributed by atoms with van der Waals surface area (Å²) in [5.74, 6) is 1.77. The molecule has 0 aliphatic rings. The van der Waals surface area contributed by atoms with Crippen molar-refractivity contribution in [2.24, 2.45) is 5.92 Å². The van der Waals surface area contributed by atoms with Gasteiger partial charge in [0.2, 0.25) is 5.91 Å². The smallest absolute Gasteiger partial charge is 0.248 e. The minimum Gasteiger partial charge on any atom is -0.493 e. The SMILES string of the molecule is CCCCc1ccc(NC(=O)/C=C/c2ccc(OCCC(C)C)c(OC)c2)c(Br)c1. The highest BCUT2D eigenvalue weighted by atomic mass is 79.9. The lowest BCUT2D eigenvalue weighted by Crippen LogP contribution is -2.08. The van der Waals surface area contributed by atoms with Crippen molar-refractivity contribution in [2.45, 2.75) is 46.5 Å². The van der Waals surface area contributed by atoms with Gasteiger partial charge in [0.1, 0.15) is 0 Å². The van der Waals surface area contributed by atoms with E-state index in [1.807, 2.05) is 24.3 Å². The minimum atomic E-state index is -0.187. The maximum absolute atomic E-state index is 12.3. The summed E-state index contributed by atoms with van der Waals surface area (Å²) in [6, 6.07) is 11.7. The van der Waals surface area contributed by atoms with Crippen LogP contribution in [-0.2, 0) is 11.2 Å². The molecule has 0 saturated heterocycles. The molecule has 1 amide bonds. The van der Waals surface area contributed by atoms with Gasteiger partial charge in [0.15, 0.2) is 11.5 Å². The van der Waals surface area contributed by atoms with Gasteiger partial charge in [-0.05, 0) is 82.6 Å². The van der Waals surface area contributed by atoms with Gasteiger partial charge in [-0.3, -0.25) is 4.79 Å². The lowest BCUT2D eigenvalue weighted by molar-refractivity contribution is -0.111. The van der Waals surface area contributed by atoms with Crippen LogP contribution in [0.1, 0.15) is 51.2 Å². The predicted molar refractivity (Wildman–Crippen MR) is 128 cm³/mol. The Hall–Kier alpha value is -2.27. The average molecular weight is 474 g/mol. The van der Waals surface area contributed by atoms with Crippen LogP contribution in [0.15, 0.2) is 46.9 Å². The zero-order chi connectivity index (χ0) is 21.9. The van der Waals surface area contributed by atoms with Gasteiger partial charge in [-0.15, -0.1) is 0 Å². The Balaban J connectivity index is 1.98. The predicted octanol–water partition coefficient (Wildman–Crippen LogP) is 6.88. The minimum absolute atomic E-state index is 0.187. The number of hydrogen-bond donors (Lipinski definition) is 1. The fraction of sp³-hybridized carbons (Fsp3) is 0.400. The van der Waals surface area contributed by atoms with Crippen molar-refractivity contribution in [1.29, 1.82) is 0 Å². The number of hydrogen-bond acceptors (Lipinski definition) is 3. The highest BCUT2D eigenvalue weighted by Gasteiger charge is 2.07. The van der Waals surface area contributed by atoms with Crippen LogP contribution in [0.25, 0.3) is 6.08 Å². The maximum atomic E-state index is 12.3. The number of ether oxygens (including phenoxy) is 2. The molecular formula is C25H32BrNO3. The molecule has 4 nitrogen and oxygen atoms in total. The van der Waals surface area contributed by atoms with Crippen LogP contribution in [0.4, 0.5) is 5.69 Å². The molecule has 0 radical (unpaired) electrons. The van der Waals surface area contributed by atoms with Crippen LogP contribution in [0.2, 0.25) is 0 Å². The van der Waals surface area contributed by atoms with E-state index in [-0.39, 0.29) is 5.91 Å². The van der Waals surface area contributed by atoms with Crippen LogP contribution >= 0.6 is 15.9 Å². The number of unbranched alkanes of at least 4 members (excludes halogenated alkanes) is 1. The third-order valence-corrected chi connectivity index (χ3v) is 5.33. The Morgan fingerprint density at radius 1 is 1.17 bits per heavy atom. The summed E-state index contributed by atoms with van der Waals surface area (Å²) in [6.45, 7) is 7.16. The molecule has 0 aliphatic carbocycles. The molecule has 0 aliphatic heterocycles. The third kappa shape index (κ3) is 7.86. The summed E-state index contributed by atoms with van der Waals surface area (Å²) in [5, 5.41) is 2.91. The summed E-state index contributed by atoms with van der Waals surface area (Å²) in [6.07, 6.45) is 7.63. The normalized spacial score (nSPS) is 11.1. The fourth-order valence-corrected chi connectivity index (χ4v) is 3.38. The van der Waals surface area contributed by atoms with E-state index in [0.717, 1.165) is 41.4 Å².